The Morgan fingerprint density at radius 1 is 1.19 bits per heavy atom. The highest BCUT2D eigenvalue weighted by Crippen LogP contribution is 2.33. The molecule has 96 valence electrons. The van der Waals surface area contributed by atoms with E-state index in [2.05, 4.69) is 52.1 Å². The molecule has 0 amide bonds. The van der Waals surface area contributed by atoms with Gasteiger partial charge in [0.2, 0.25) is 0 Å². The summed E-state index contributed by atoms with van der Waals surface area (Å²) in [4.78, 5) is 2.71. The van der Waals surface area contributed by atoms with Crippen molar-refractivity contribution < 1.29 is 0 Å². The van der Waals surface area contributed by atoms with Crippen LogP contribution in [0, 0.1) is 17.3 Å². The first-order valence-electron chi connectivity index (χ1n) is 6.69. The number of rotatable bonds is 6. The molecule has 0 radical (unpaired) electrons. The lowest BCUT2D eigenvalue weighted by molar-refractivity contribution is 0.146. The normalized spacial score (nSPS) is 19.5. The quantitative estimate of drug-likeness (QED) is 0.696. The van der Waals surface area contributed by atoms with Crippen molar-refractivity contribution in [2.45, 2.75) is 53.5 Å². The molecular weight excluding hydrogens is 214 g/mol. The Hall–Kier alpha value is 0.310. The second kappa shape index (κ2) is 5.77. The van der Waals surface area contributed by atoms with Crippen LogP contribution >= 0.6 is 12.6 Å². The number of thiol groups is 1. The van der Waals surface area contributed by atoms with Crippen LogP contribution in [0.1, 0.15) is 47.5 Å². The van der Waals surface area contributed by atoms with Crippen LogP contribution in [0.15, 0.2) is 0 Å². The molecule has 0 heterocycles. The Morgan fingerprint density at radius 2 is 1.75 bits per heavy atom. The van der Waals surface area contributed by atoms with Gasteiger partial charge >= 0.3 is 0 Å². The van der Waals surface area contributed by atoms with Crippen LogP contribution in [0.4, 0.5) is 0 Å². The van der Waals surface area contributed by atoms with Gasteiger partial charge in [0.25, 0.3) is 0 Å². The summed E-state index contributed by atoms with van der Waals surface area (Å²) < 4.78 is 0. The predicted molar refractivity (Wildman–Crippen MR) is 76.2 cm³/mol. The highest BCUT2D eigenvalue weighted by Gasteiger charge is 2.33. The molecule has 0 N–H and O–H groups in total. The molecule has 0 spiro atoms. The van der Waals surface area contributed by atoms with E-state index in [9.17, 15) is 0 Å². The predicted octanol–water partition coefficient (Wildman–Crippen LogP) is 3.70. The van der Waals surface area contributed by atoms with E-state index in [-0.39, 0.29) is 0 Å². The molecule has 1 atom stereocenters. The lowest BCUT2D eigenvalue weighted by Crippen LogP contribution is -2.39. The van der Waals surface area contributed by atoms with E-state index >= 15 is 0 Å². The maximum absolute atomic E-state index is 4.54. The van der Waals surface area contributed by atoms with Gasteiger partial charge in [-0.05, 0) is 35.8 Å². The van der Waals surface area contributed by atoms with E-state index in [4.69, 9.17) is 0 Å². The molecule has 0 aromatic carbocycles. The van der Waals surface area contributed by atoms with E-state index < -0.39 is 0 Å². The third-order valence-electron chi connectivity index (χ3n) is 3.56. The Labute approximate surface area is 107 Å². The molecule has 0 aliphatic heterocycles. The summed E-state index contributed by atoms with van der Waals surface area (Å²) in [6, 6.07) is 0.882. The maximum atomic E-state index is 4.54. The zero-order valence-electron chi connectivity index (χ0n) is 11.7. The first-order valence-corrected chi connectivity index (χ1v) is 7.32. The van der Waals surface area contributed by atoms with Crippen LogP contribution < -0.4 is 0 Å². The molecule has 1 rings (SSSR count). The molecule has 1 fully saturated rings. The maximum Gasteiger partial charge on any atom is 0.00966 e. The topological polar surface area (TPSA) is 3.24 Å². The van der Waals surface area contributed by atoms with Crippen LogP contribution in [0.2, 0.25) is 0 Å². The van der Waals surface area contributed by atoms with Crippen molar-refractivity contribution in [3.8, 4) is 0 Å². The Kier molecular flexibility index (Phi) is 5.18. The molecule has 0 aromatic heterocycles. The number of nitrogens with zero attached hydrogens (tertiary/aromatic N) is 1. The smallest absolute Gasteiger partial charge is 0.00966 e. The van der Waals surface area contributed by atoms with Gasteiger partial charge in [-0.1, -0.05) is 34.6 Å². The minimum atomic E-state index is 0.381. The third kappa shape index (κ3) is 4.67. The molecule has 1 unspecified atom stereocenters. The summed E-state index contributed by atoms with van der Waals surface area (Å²) in [5, 5.41) is 0. The first kappa shape index (κ1) is 14.4. The van der Waals surface area contributed by atoms with Gasteiger partial charge in [-0.15, -0.1) is 0 Å². The Morgan fingerprint density at radius 3 is 2.06 bits per heavy atom. The largest absolute Gasteiger partial charge is 0.300 e. The van der Waals surface area contributed by atoms with Crippen molar-refractivity contribution in [3.05, 3.63) is 0 Å². The van der Waals surface area contributed by atoms with E-state index in [1.54, 1.807) is 0 Å². The summed E-state index contributed by atoms with van der Waals surface area (Å²) in [6.45, 7) is 14.2. The zero-order chi connectivity index (χ0) is 12.3. The molecular formula is C14H29NS. The van der Waals surface area contributed by atoms with Gasteiger partial charge in [0.05, 0.1) is 0 Å². The first-order chi connectivity index (χ1) is 7.34. The zero-order valence-corrected chi connectivity index (χ0v) is 12.6. The van der Waals surface area contributed by atoms with E-state index in [0.29, 0.717) is 11.3 Å². The minimum absolute atomic E-state index is 0.381. The van der Waals surface area contributed by atoms with Gasteiger partial charge in [-0.25, -0.2) is 0 Å². The van der Waals surface area contributed by atoms with Crippen LogP contribution in [0.5, 0.6) is 0 Å². The second-order valence-electron chi connectivity index (χ2n) is 6.82. The molecule has 2 heteroatoms. The van der Waals surface area contributed by atoms with Crippen LogP contribution in [0.3, 0.4) is 0 Å². The van der Waals surface area contributed by atoms with Crippen molar-refractivity contribution in [2.75, 3.05) is 18.8 Å². The van der Waals surface area contributed by atoms with Gasteiger partial charge in [-0.3, -0.25) is 4.90 Å². The number of hydrogen-bond acceptors (Lipinski definition) is 2. The van der Waals surface area contributed by atoms with Gasteiger partial charge < -0.3 is 0 Å². The summed E-state index contributed by atoms with van der Waals surface area (Å²) in [5.74, 6) is 2.49. The fraction of sp³-hybridized carbons (Fsp3) is 1.00. The van der Waals surface area contributed by atoms with Crippen LogP contribution in [-0.4, -0.2) is 29.8 Å². The monoisotopic (exact) mass is 243 g/mol. The van der Waals surface area contributed by atoms with Crippen LogP contribution in [-0.2, 0) is 0 Å². The SMILES string of the molecule is CC(C)CN(CC(CS)C(C)(C)C)C1CC1. The summed E-state index contributed by atoms with van der Waals surface area (Å²) >= 11 is 4.54. The molecule has 1 saturated carbocycles. The van der Waals surface area contributed by atoms with Crippen molar-refractivity contribution in [1.82, 2.24) is 4.90 Å². The minimum Gasteiger partial charge on any atom is -0.300 e. The average Bonchev–Trinajstić information content (AvgIpc) is 2.92. The van der Waals surface area contributed by atoms with Crippen molar-refractivity contribution >= 4 is 12.6 Å². The third-order valence-corrected chi connectivity index (χ3v) is 4.00. The standard InChI is InChI=1S/C14H29NS/c1-11(2)8-15(13-6-7-13)9-12(10-16)14(3,4)5/h11-13,16H,6-10H2,1-5H3. The Balaban J connectivity index is 2.52. The molecule has 1 aliphatic rings. The van der Waals surface area contributed by atoms with Crippen LogP contribution in [0.25, 0.3) is 0 Å². The average molecular weight is 243 g/mol. The van der Waals surface area contributed by atoms with Gasteiger partial charge in [-0.2, -0.15) is 12.6 Å². The fourth-order valence-corrected chi connectivity index (χ4v) is 2.83. The number of hydrogen-bond donors (Lipinski definition) is 1. The van der Waals surface area contributed by atoms with Crippen molar-refractivity contribution in [1.29, 1.82) is 0 Å². The summed E-state index contributed by atoms with van der Waals surface area (Å²) in [7, 11) is 0. The lowest BCUT2D eigenvalue weighted by atomic mass is 9.81. The summed E-state index contributed by atoms with van der Waals surface area (Å²) in [6.07, 6.45) is 2.83. The molecule has 0 bridgehead atoms. The molecule has 1 aliphatic carbocycles. The van der Waals surface area contributed by atoms with Gasteiger partial charge in [0.1, 0.15) is 0 Å². The fourth-order valence-electron chi connectivity index (χ4n) is 2.17. The van der Waals surface area contributed by atoms with Crippen molar-refractivity contribution in [2.24, 2.45) is 17.3 Å². The van der Waals surface area contributed by atoms with Crippen molar-refractivity contribution in [3.63, 3.8) is 0 Å². The second-order valence-corrected chi connectivity index (χ2v) is 7.19. The highest BCUT2D eigenvalue weighted by molar-refractivity contribution is 7.80. The molecule has 16 heavy (non-hydrogen) atoms. The van der Waals surface area contributed by atoms with E-state index in [1.165, 1.54) is 25.9 Å². The van der Waals surface area contributed by atoms with Gasteiger partial charge in [0.15, 0.2) is 0 Å². The molecule has 0 aromatic rings. The van der Waals surface area contributed by atoms with E-state index in [1.807, 2.05) is 0 Å². The lowest BCUT2D eigenvalue weighted by Gasteiger charge is -2.35. The Bertz CT molecular complexity index is 203. The van der Waals surface area contributed by atoms with E-state index in [0.717, 1.165) is 17.7 Å². The molecule has 0 saturated heterocycles. The highest BCUT2D eigenvalue weighted by atomic mass is 32.1. The van der Waals surface area contributed by atoms with Gasteiger partial charge in [0, 0.05) is 19.1 Å². The summed E-state index contributed by atoms with van der Waals surface area (Å²) in [5.41, 5.74) is 0.381. The molecule has 1 nitrogen and oxygen atoms in total.